The van der Waals surface area contributed by atoms with E-state index in [-0.39, 0.29) is 11.8 Å². The van der Waals surface area contributed by atoms with Crippen molar-refractivity contribution in [3.63, 3.8) is 0 Å². The number of hydrogen-bond donors (Lipinski definition) is 2. The molecule has 0 saturated heterocycles. The van der Waals surface area contributed by atoms with Gasteiger partial charge >= 0.3 is 0 Å². The predicted molar refractivity (Wildman–Crippen MR) is 91.4 cm³/mol. The molecule has 5 heteroatoms. The number of halogens is 1. The zero-order valence-corrected chi connectivity index (χ0v) is 13.3. The molecule has 2 N–H and O–H groups in total. The van der Waals surface area contributed by atoms with E-state index in [2.05, 4.69) is 10.3 Å². The first-order valence-electron chi connectivity index (χ1n) is 7.40. The smallest absolute Gasteiger partial charge is 0.232 e. The van der Waals surface area contributed by atoms with Gasteiger partial charge in [-0.3, -0.25) is 4.79 Å². The average Bonchev–Trinajstić information content (AvgIpc) is 3.08. The second-order valence-corrected chi connectivity index (χ2v) is 6.14. The zero-order chi connectivity index (χ0) is 16.0. The number of benzene rings is 2. The normalized spacial score (nSPS) is 16.4. The van der Waals surface area contributed by atoms with Crippen molar-refractivity contribution < 1.29 is 9.53 Å². The largest absolute Gasteiger partial charge is 0.497 e. The van der Waals surface area contributed by atoms with Crippen LogP contribution in [0.15, 0.2) is 42.6 Å². The maximum Gasteiger partial charge on any atom is 0.232 e. The first-order valence-corrected chi connectivity index (χ1v) is 7.78. The minimum Gasteiger partial charge on any atom is -0.497 e. The Morgan fingerprint density at radius 2 is 2.09 bits per heavy atom. The first kappa shape index (κ1) is 14.2. The second kappa shape index (κ2) is 5.32. The van der Waals surface area contributed by atoms with Crippen LogP contribution in [0.2, 0.25) is 5.02 Å². The third-order valence-corrected chi connectivity index (χ3v) is 4.60. The molecule has 1 unspecified atom stereocenters. The summed E-state index contributed by atoms with van der Waals surface area (Å²) in [6.07, 6.45) is 2.60. The molecule has 1 amide bonds. The number of H-pyrrole nitrogens is 1. The third-order valence-electron chi connectivity index (χ3n) is 4.36. The van der Waals surface area contributed by atoms with Crippen LogP contribution in [0.4, 0.5) is 5.69 Å². The van der Waals surface area contributed by atoms with Gasteiger partial charge in [0.1, 0.15) is 5.75 Å². The molecular weight excluding hydrogens is 312 g/mol. The van der Waals surface area contributed by atoms with Crippen LogP contribution in [0.1, 0.15) is 17.0 Å². The van der Waals surface area contributed by atoms with Crippen LogP contribution in [-0.4, -0.2) is 18.0 Å². The maximum absolute atomic E-state index is 12.3. The molecule has 0 spiro atoms. The molecule has 0 saturated carbocycles. The monoisotopic (exact) mass is 326 g/mol. The van der Waals surface area contributed by atoms with E-state index in [4.69, 9.17) is 16.3 Å². The number of carbonyl (C=O) groups is 1. The van der Waals surface area contributed by atoms with Gasteiger partial charge in [-0.05, 0) is 47.9 Å². The highest BCUT2D eigenvalue weighted by Gasteiger charge is 2.31. The Balaban J connectivity index is 1.73. The number of aromatic amines is 1. The number of nitrogens with one attached hydrogen (secondary N) is 2. The highest BCUT2D eigenvalue weighted by Crippen LogP contribution is 2.37. The fraction of sp³-hybridized carbons (Fsp3) is 0.167. The van der Waals surface area contributed by atoms with E-state index in [1.165, 1.54) is 0 Å². The van der Waals surface area contributed by atoms with Gasteiger partial charge in [0.25, 0.3) is 0 Å². The fourth-order valence-corrected chi connectivity index (χ4v) is 3.35. The predicted octanol–water partition coefficient (Wildman–Crippen LogP) is 4.11. The van der Waals surface area contributed by atoms with Crippen LogP contribution in [0.5, 0.6) is 5.75 Å². The average molecular weight is 327 g/mol. The minimum atomic E-state index is -0.201. The van der Waals surface area contributed by atoms with E-state index in [1.54, 1.807) is 13.2 Å². The topological polar surface area (TPSA) is 54.1 Å². The van der Waals surface area contributed by atoms with Gasteiger partial charge in [0.15, 0.2) is 0 Å². The number of methoxy groups -OCH3 is 1. The van der Waals surface area contributed by atoms with Crippen molar-refractivity contribution in [1.29, 1.82) is 0 Å². The lowest BCUT2D eigenvalue weighted by atomic mass is 9.93. The Hall–Kier alpha value is -2.46. The van der Waals surface area contributed by atoms with Gasteiger partial charge in [-0.15, -0.1) is 0 Å². The summed E-state index contributed by atoms with van der Waals surface area (Å²) in [6, 6.07) is 11.5. The summed E-state index contributed by atoms with van der Waals surface area (Å²) in [5.74, 6) is 0.619. The summed E-state index contributed by atoms with van der Waals surface area (Å²) < 4.78 is 5.30. The molecule has 1 aliphatic rings. The van der Waals surface area contributed by atoms with Gasteiger partial charge < -0.3 is 15.0 Å². The molecule has 4 nitrogen and oxygen atoms in total. The third kappa shape index (κ3) is 2.35. The van der Waals surface area contributed by atoms with Crippen LogP contribution in [0.3, 0.4) is 0 Å². The van der Waals surface area contributed by atoms with Crippen molar-refractivity contribution in [2.45, 2.75) is 12.3 Å². The Labute approximate surface area is 138 Å². The van der Waals surface area contributed by atoms with Crippen LogP contribution >= 0.6 is 11.6 Å². The van der Waals surface area contributed by atoms with Gasteiger partial charge in [0, 0.05) is 27.8 Å². The molecule has 116 valence electrons. The van der Waals surface area contributed by atoms with Crippen LogP contribution in [0.25, 0.3) is 10.9 Å². The Bertz CT molecular complexity index is 917. The van der Waals surface area contributed by atoms with E-state index in [9.17, 15) is 4.79 Å². The van der Waals surface area contributed by atoms with Crippen molar-refractivity contribution in [2.75, 3.05) is 12.4 Å². The molecule has 1 aromatic heterocycles. The summed E-state index contributed by atoms with van der Waals surface area (Å²) in [5, 5.41) is 4.62. The quantitative estimate of drug-likeness (QED) is 0.761. The number of carbonyl (C=O) groups excluding carboxylic acids is 1. The Morgan fingerprint density at radius 1 is 1.22 bits per heavy atom. The summed E-state index contributed by atoms with van der Waals surface area (Å²) >= 11 is 6.00. The highest BCUT2D eigenvalue weighted by atomic mass is 35.5. The maximum atomic E-state index is 12.3. The van der Waals surface area contributed by atoms with Gasteiger partial charge in [-0.2, -0.15) is 0 Å². The van der Waals surface area contributed by atoms with E-state index in [0.29, 0.717) is 11.4 Å². The second-order valence-electron chi connectivity index (χ2n) is 5.70. The SMILES string of the molecule is COc1ccc2[nH]cc(CC3C(=O)Nc4cc(Cl)ccc43)c2c1. The summed E-state index contributed by atoms with van der Waals surface area (Å²) in [4.78, 5) is 15.6. The van der Waals surface area contributed by atoms with E-state index in [1.807, 2.05) is 36.5 Å². The number of amides is 1. The molecule has 1 atom stereocenters. The standard InChI is InChI=1S/C18H15ClN2O2/c1-23-12-3-5-16-14(8-12)10(9-20-16)6-15-13-4-2-11(19)7-17(13)21-18(15)22/h2-5,7-9,15,20H,6H2,1H3,(H,21,22). The van der Waals surface area contributed by atoms with E-state index in [0.717, 1.165) is 33.5 Å². The molecule has 23 heavy (non-hydrogen) atoms. The fourth-order valence-electron chi connectivity index (χ4n) is 3.18. The summed E-state index contributed by atoms with van der Waals surface area (Å²) in [7, 11) is 1.65. The molecule has 0 fully saturated rings. The number of ether oxygens (including phenoxy) is 1. The molecule has 0 bridgehead atoms. The number of hydrogen-bond acceptors (Lipinski definition) is 2. The number of aromatic nitrogens is 1. The number of fused-ring (bicyclic) bond motifs is 2. The summed E-state index contributed by atoms with van der Waals surface area (Å²) in [6.45, 7) is 0. The number of anilines is 1. The lowest BCUT2D eigenvalue weighted by Crippen LogP contribution is -2.14. The van der Waals surface area contributed by atoms with Gasteiger partial charge in [-0.25, -0.2) is 0 Å². The van der Waals surface area contributed by atoms with Gasteiger partial charge in [-0.1, -0.05) is 17.7 Å². The number of rotatable bonds is 3. The summed E-state index contributed by atoms with van der Waals surface area (Å²) in [5.41, 5.74) is 3.94. The van der Waals surface area contributed by atoms with Gasteiger partial charge in [0.2, 0.25) is 5.91 Å². The molecule has 1 aliphatic heterocycles. The van der Waals surface area contributed by atoms with E-state index >= 15 is 0 Å². The Kier molecular flexibility index (Phi) is 3.27. The van der Waals surface area contributed by atoms with Crippen LogP contribution in [-0.2, 0) is 11.2 Å². The lowest BCUT2D eigenvalue weighted by Gasteiger charge is -2.08. The minimum absolute atomic E-state index is 0.0134. The van der Waals surface area contributed by atoms with Crippen LogP contribution in [0, 0.1) is 0 Å². The van der Waals surface area contributed by atoms with Crippen molar-refractivity contribution in [1.82, 2.24) is 4.98 Å². The van der Waals surface area contributed by atoms with Crippen molar-refractivity contribution >= 4 is 34.1 Å². The van der Waals surface area contributed by atoms with E-state index < -0.39 is 0 Å². The first-order chi connectivity index (χ1) is 11.2. The molecule has 0 radical (unpaired) electrons. The van der Waals surface area contributed by atoms with Gasteiger partial charge in [0.05, 0.1) is 13.0 Å². The molecular formula is C18H15ClN2O2. The molecule has 2 heterocycles. The zero-order valence-electron chi connectivity index (χ0n) is 12.5. The van der Waals surface area contributed by atoms with Crippen LogP contribution < -0.4 is 10.1 Å². The van der Waals surface area contributed by atoms with Crippen molar-refractivity contribution in [3.8, 4) is 5.75 Å². The highest BCUT2D eigenvalue weighted by molar-refractivity contribution is 6.31. The van der Waals surface area contributed by atoms with Crippen molar-refractivity contribution in [2.24, 2.45) is 0 Å². The molecule has 4 rings (SSSR count). The van der Waals surface area contributed by atoms with Crippen molar-refractivity contribution in [3.05, 3.63) is 58.7 Å². The molecule has 3 aromatic rings. The Morgan fingerprint density at radius 3 is 2.91 bits per heavy atom. The molecule has 0 aliphatic carbocycles. The lowest BCUT2D eigenvalue weighted by molar-refractivity contribution is -0.117. The molecule has 2 aromatic carbocycles.